The van der Waals surface area contributed by atoms with Crippen LogP contribution in [0.15, 0.2) is 17.4 Å². The first-order chi connectivity index (χ1) is 8.39. The minimum absolute atomic E-state index is 0.156. The summed E-state index contributed by atoms with van der Waals surface area (Å²) in [6, 6.07) is 0. The van der Waals surface area contributed by atoms with E-state index >= 15 is 0 Å². The molecular formula is C11H14N4O3. The van der Waals surface area contributed by atoms with Crippen LogP contribution in [0.1, 0.15) is 20.8 Å². The van der Waals surface area contributed by atoms with Gasteiger partial charge in [0, 0.05) is 0 Å². The normalized spacial score (nSPS) is 11.7. The topological polar surface area (TPSA) is 89.9 Å². The molecule has 2 heterocycles. The lowest BCUT2D eigenvalue weighted by Crippen LogP contribution is -2.28. The zero-order valence-corrected chi connectivity index (χ0v) is 10.4. The van der Waals surface area contributed by atoms with Gasteiger partial charge in [0.25, 0.3) is 5.56 Å². The Labute approximate surface area is 103 Å². The van der Waals surface area contributed by atoms with E-state index in [1.807, 2.05) is 0 Å². The number of imidazole rings is 1. The number of nitrogens with zero attached hydrogens (tertiary/aromatic N) is 3. The number of nitrogens with one attached hydrogen (secondary N) is 1. The zero-order chi connectivity index (χ0) is 13.3. The number of H-pyrrole nitrogens is 1. The van der Waals surface area contributed by atoms with E-state index in [-0.39, 0.29) is 18.3 Å². The van der Waals surface area contributed by atoms with Crippen molar-refractivity contribution in [2.45, 2.75) is 27.5 Å². The molecule has 0 unspecified atom stereocenters. The number of hydrogen-bond acceptors (Lipinski definition) is 5. The fraction of sp³-hybridized carbons (Fsp3) is 0.455. The average molecular weight is 250 g/mol. The third kappa shape index (κ3) is 2.24. The van der Waals surface area contributed by atoms with Gasteiger partial charge in [-0.2, -0.15) is 0 Å². The summed E-state index contributed by atoms with van der Waals surface area (Å²) in [5, 5.41) is 0. The highest BCUT2D eigenvalue weighted by molar-refractivity contribution is 5.75. The van der Waals surface area contributed by atoms with Crippen LogP contribution < -0.4 is 5.56 Å². The van der Waals surface area contributed by atoms with Crippen LogP contribution in [0.5, 0.6) is 0 Å². The Morgan fingerprint density at radius 3 is 2.83 bits per heavy atom. The lowest BCUT2D eigenvalue weighted by Gasteiger charge is -2.16. The fourth-order valence-corrected chi connectivity index (χ4v) is 1.30. The largest absolute Gasteiger partial charge is 0.443 e. The molecule has 96 valence electrons. The van der Waals surface area contributed by atoms with Crippen molar-refractivity contribution < 1.29 is 9.53 Å². The molecule has 18 heavy (non-hydrogen) atoms. The van der Waals surface area contributed by atoms with Crippen LogP contribution in [0.25, 0.3) is 11.2 Å². The van der Waals surface area contributed by atoms with E-state index in [4.69, 9.17) is 4.74 Å². The molecule has 2 aromatic rings. The maximum absolute atomic E-state index is 11.9. The van der Waals surface area contributed by atoms with Gasteiger partial charge in [-0.1, -0.05) is 0 Å². The SMILES string of the molecule is CC(C)(C)C(=O)OCn1cnc2nc[nH]c2c1=O. The average Bonchev–Trinajstić information content (AvgIpc) is 2.75. The molecule has 1 N–H and O–H groups in total. The standard InChI is InChI=1S/C11H14N4O3/c1-11(2,3)10(17)18-6-15-5-14-8-7(9(15)16)12-4-13-8/h4-5H,6H2,1-3H3,(H,12,13). The van der Waals surface area contributed by atoms with Gasteiger partial charge in [0.1, 0.15) is 6.33 Å². The Kier molecular flexibility index (Phi) is 2.90. The Balaban J connectivity index is 2.20. The van der Waals surface area contributed by atoms with E-state index < -0.39 is 5.41 Å². The number of carbonyl (C=O) groups excluding carboxylic acids is 1. The van der Waals surface area contributed by atoms with Crippen molar-refractivity contribution >= 4 is 17.1 Å². The Hall–Kier alpha value is -2.18. The second kappa shape index (κ2) is 4.25. The van der Waals surface area contributed by atoms with Gasteiger partial charge in [-0.15, -0.1) is 0 Å². The van der Waals surface area contributed by atoms with Crippen molar-refractivity contribution in [3.8, 4) is 0 Å². The minimum Gasteiger partial charge on any atom is -0.443 e. The molecule has 0 spiro atoms. The van der Waals surface area contributed by atoms with Gasteiger partial charge in [-0.05, 0) is 20.8 Å². The van der Waals surface area contributed by atoms with Crippen molar-refractivity contribution in [1.82, 2.24) is 19.5 Å². The number of esters is 1. The number of aromatic amines is 1. The molecule has 7 heteroatoms. The van der Waals surface area contributed by atoms with Crippen LogP contribution in [-0.4, -0.2) is 25.5 Å². The van der Waals surface area contributed by atoms with Gasteiger partial charge < -0.3 is 9.72 Å². The quantitative estimate of drug-likeness (QED) is 0.791. The first kappa shape index (κ1) is 12.3. The number of fused-ring (bicyclic) bond motifs is 1. The summed E-state index contributed by atoms with van der Waals surface area (Å²) in [7, 11) is 0. The van der Waals surface area contributed by atoms with E-state index in [0.717, 1.165) is 0 Å². The van der Waals surface area contributed by atoms with Crippen molar-refractivity contribution in [3.63, 3.8) is 0 Å². The molecule has 0 amide bonds. The molecule has 0 saturated heterocycles. The van der Waals surface area contributed by atoms with E-state index in [2.05, 4.69) is 15.0 Å². The second-order valence-electron chi connectivity index (χ2n) is 4.93. The summed E-state index contributed by atoms with van der Waals surface area (Å²) in [5.74, 6) is -0.376. The molecule has 0 atom stereocenters. The first-order valence-corrected chi connectivity index (χ1v) is 5.45. The Morgan fingerprint density at radius 2 is 2.17 bits per heavy atom. The van der Waals surface area contributed by atoms with Crippen LogP contribution in [0.3, 0.4) is 0 Å². The van der Waals surface area contributed by atoms with E-state index in [9.17, 15) is 9.59 Å². The fourth-order valence-electron chi connectivity index (χ4n) is 1.30. The van der Waals surface area contributed by atoms with Gasteiger partial charge >= 0.3 is 5.97 Å². The lowest BCUT2D eigenvalue weighted by atomic mass is 9.98. The smallest absolute Gasteiger partial charge is 0.312 e. The van der Waals surface area contributed by atoms with Crippen molar-refractivity contribution in [1.29, 1.82) is 0 Å². The lowest BCUT2D eigenvalue weighted by molar-refractivity contribution is -0.157. The van der Waals surface area contributed by atoms with Crippen LogP contribution in [0, 0.1) is 5.41 Å². The monoisotopic (exact) mass is 250 g/mol. The van der Waals surface area contributed by atoms with Gasteiger partial charge in [-0.25, -0.2) is 9.97 Å². The minimum atomic E-state index is -0.602. The third-order valence-electron chi connectivity index (χ3n) is 2.36. The van der Waals surface area contributed by atoms with Crippen LogP contribution in [0.4, 0.5) is 0 Å². The first-order valence-electron chi connectivity index (χ1n) is 5.45. The van der Waals surface area contributed by atoms with Gasteiger partial charge in [0.2, 0.25) is 0 Å². The zero-order valence-electron chi connectivity index (χ0n) is 10.4. The molecule has 0 aliphatic rings. The van der Waals surface area contributed by atoms with E-state index in [1.54, 1.807) is 20.8 Å². The molecule has 7 nitrogen and oxygen atoms in total. The number of rotatable bonds is 2. The maximum atomic E-state index is 11.9. The molecule has 0 aliphatic carbocycles. The number of aromatic nitrogens is 4. The molecule has 0 saturated carbocycles. The maximum Gasteiger partial charge on any atom is 0.312 e. The predicted octanol–water partition coefficient (Wildman–Crippen LogP) is 0.666. The molecule has 2 aromatic heterocycles. The summed E-state index contributed by atoms with van der Waals surface area (Å²) >= 11 is 0. The third-order valence-corrected chi connectivity index (χ3v) is 2.36. The highest BCUT2D eigenvalue weighted by Crippen LogP contribution is 2.15. The van der Waals surface area contributed by atoms with Crippen molar-refractivity contribution in [2.24, 2.45) is 5.41 Å². The van der Waals surface area contributed by atoms with Crippen LogP contribution >= 0.6 is 0 Å². The van der Waals surface area contributed by atoms with E-state index in [0.29, 0.717) is 11.2 Å². The number of carbonyl (C=O) groups is 1. The molecule has 2 rings (SSSR count). The Morgan fingerprint density at radius 1 is 1.44 bits per heavy atom. The molecular weight excluding hydrogens is 236 g/mol. The summed E-state index contributed by atoms with van der Waals surface area (Å²) in [4.78, 5) is 34.0. The van der Waals surface area contributed by atoms with Crippen molar-refractivity contribution in [3.05, 3.63) is 23.0 Å². The molecule has 0 bridgehead atoms. The summed E-state index contributed by atoms with van der Waals surface area (Å²) in [6.07, 6.45) is 2.70. The number of hydrogen-bond donors (Lipinski definition) is 1. The van der Waals surface area contributed by atoms with Gasteiger partial charge in [0.15, 0.2) is 17.9 Å². The van der Waals surface area contributed by atoms with Gasteiger partial charge in [-0.3, -0.25) is 14.2 Å². The van der Waals surface area contributed by atoms with E-state index in [1.165, 1.54) is 17.2 Å². The second-order valence-corrected chi connectivity index (χ2v) is 4.93. The molecule has 0 fully saturated rings. The Bertz CT molecular complexity index is 636. The molecule has 0 radical (unpaired) electrons. The summed E-state index contributed by atoms with van der Waals surface area (Å²) in [6.45, 7) is 5.08. The van der Waals surface area contributed by atoms with Crippen LogP contribution in [-0.2, 0) is 16.3 Å². The predicted molar refractivity (Wildman–Crippen MR) is 63.7 cm³/mol. The highest BCUT2D eigenvalue weighted by atomic mass is 16.5. The van der Waals surface area contributed by atoms with Crippen LogP contribution in [0.2, 0.25) is 0 Å². The number of ether oxygens (including phenoxy) is 1. The highest BCUT2D eigenvalue weighted by Gasteiger charge is 2.23. The summed E-state index contributed by atoms with van der Waals surface area (Å²) < 4.78 is 6.26. The molecule has 0 aliphatic heterocycles. The molecule has 0 aromatic carbocycles. The summed E-state index contributed by atoms with van der Waals surface area (Å²) in [5.41, 5.74) is -0.281. The van der Waals surface area contributed by atoms with Crippen molar-refractivity contribution in [2.75, 3.05) is 0 Å². The van der Waals surface area contributed by atoms with Gasteiger partial charge in [0.05, 0.1) is 11.7 Å².